The fourth-order valence-electron chi connectivity index (χ4n) is 11.1. The van der Waals surface area contributed by atoms with Crippen LogP contribution in [0.5, 0.6) is 0 Å². The van der Waals surface area contributed by atoms with Gasteiger partial charge in [0.05, 0.1) is 0 Å². The number of aliphatic carboxylic acids is 2. The van der Waals surface area contributed by atoms with Crippen LogP contribution in [0.2, 0.25) is 0 Å². The normalized spacial score (nSPS) is 19.3. The first-order chi connectivity index (χ1) is 29.3. The summed E-state index contributed by atoms with van der Waals surface area (Å²) < 4.78 is 0. The van der Waals surface area contributed by atoms with Gasteiger partial charge in [0.2, 0.25) is 0 Å². The molecule has 2 aliphatic carbocycles. The van der Waals surface area contributed by atoms with Gasteiger partial charge >= 0.3 is 110 Å². The first-order valence-electron chi connectivity index (χ1n) is 27.7. The second kappa shape index (κ2) is 47.1. The molecular weight excluding hydrogens is 861 g/mol. The fraction of sp³-hybridized carbons (Fsp3) is 0.964. The van der Waals surface area contributed by atoms with Gasteiger partial charge in [-0.25, -0.2) is 0 Å². The van der Waals surface area contributed by atoms with Gasteiger partial charge in [-0.2, -0.15) is 0 Å². The van der Waals surface area contributed by atoms with Gasteiger partial charge in [0.25, 0.3) is 0 Å². The Morgan fingerprint density at radius 1 is 0.371 bits per heavy atom. The van der Waals surface area contributed by atoms with Crippen LogP contribution in [0.4, 0.5) is 0 Å². The first-order valence-corrected chi connectivity index (χ1v) is 27.7. The summed E-state index contributed by atoms with van der Waals surface area (Å²) in [5.74, 6) is -0.379. The van der Waals surface area contributed by atoms with Gasteiger partial charge < -0.3 is 19.8 Å². The molecule has 2 unspecified atom stereocenters. The Bertz CT molecular complexity index is 870. The average Bonchev–Trinajstić information content (AvgIpc) is 3.28. The van der Waals surface area contributed by atoms with E-state index in [1.165, 1.54) is 218 Å². The van der Waals surface area contributed by atoms with E-state index < -0.39 is 22.8 Å². The molecule has 4 nitrogen and oxygen atoms in total. The Kier molecular flexibility index (Phi) is 50.5. The largest absolute Gasteiger partial charge is 1.00 e. The Morgan fingerprint density at radius 3 is 0.790 bits per heavy atom. The van der Waals surface area contributed by atoms with Crippen molar-refractivity contribution in [3.05, 3.63) is 0 Å². The molecule has 2 atom stereocenters. The third kappa shape index (κ3) is 34.6. The maximum Gasteiger partial charge on any atom is 1.00 e. The van der Waals surface area contributed by atoms with Crippen molar-refractivity contribution in [3.63, 3.8) is 0 Å². The van der Waals surface area contributed by atoms with Crippen LogP contribution >= 0.6 is 0 Å². The maximum atomic E-state index is 12.4. The third-order valence-electron chi connectivity index (χ3n) is 15.4. The SMILES string of the molecule is CCCCCCCCCCC(CC)CC1(C(=O)[O-])CCCCCCCCCCCC1.CCCCCCCCCCC(CC)CC1(C(=O)[O-])CCCCCCCCCCCC1.[K+].[Rb+]. The standard InChI is InChI=1S/2C28H54O2.K.Rb/c2*1-3-5-6-7-8-13-16-19-22-26(4-2)25-28(27(29)30)23-20-17-14-11-9-10-12-15-18-21-24-28;;/h2*26H,3-25H2,1-2H3,(H,29,30);;/q;;2*+1/p-2. The molecule has 6 heteroatoms. The molecule has 62 heavy (non-hydrogen) atoms. The van der Waals surface area contributed by atoms with Crippen LogP contribution in [-0.4, -0.2) is 11.9 Å². The fourth-order valence-corrected chi connectivity index (χ4v) is 11.1. The number of carbonyl (C=O) groups is 2. The van der Waals surface area contributed by atoms with Crippen molar-refractivity contribution in [2.45, 2.75) is 323 Å². The summed E-state index contributed by atoms with van der Waals surface area (Å²) >= 11 is 0. The van der Waals surface area contributed by atoms with E-state index in [9.17, 15) is 19.8 Å². The van der Waals surface area contributed by atoms with Crippen LogP contribution in [0, 0.1) is 22.7 Å². The molecule has 0 saturated heterocycles. The van der Waals surface area contributed by atoms with Gasteiger partial charge in [0, 0.05) is 22.8 Å². The molecule has 2 rings (SSSR count). The molecule has 0 amide bonds. The molecule has 0 N–H and O–H groups in total. The van der Waals surface area contributed by atoms with E-state index in [-0.39, 0.29) is 110 Å². The summed E-state index contributed by atoms with van der Waals surface area (Å²) in [6.07, 6.45) is 56.3. The number of hydrogen-bond donors (Lipinski definition) is 0. The van der Waals surface area contributed by atoms with E-state index in [1.807, 2.05) is 0 Å². The average molecular weight is 968 g/mol. The van der Waals surface area contributed by atoms with Gasteiger partial charge in [0.15, 0.2) is 0 Å². The number of rotatable bonds is 26. The molecule has 2 aliphatic rings. The minimum Gasteiger partial charge on any atom is -0.550 e. The van der Waals surface area contributed by atoms with Crippen molar-refractivity contribution < 1.29 is 129 Å². The van der Waals surface area contributed by atoms with Crippen molar-refractivity contribution in [2.75, 3.05) is 0 Å². The molecule has 0 aromatic carbocycles. The zero-order chi connectivity index (χ0) is 43.8. The number of unbranched alkanes of at least 4 members (excludes halogenated alkanes) is 14. The van der Waals surface area contributed by atoms with E-state index in [0.29, 0.717) is 11.8 Å². The topological polar surface area (TPSA) is 80.3 Å². The quantitative estimate of drug-likeness (QED) is 0.0639. The summed E-state index contributed by atoms with van der Waals surface area (Å²) in [5, 5.41) is 24.8. The molecule has 0 radical (unpaired) electrons. The van der Waals surface area contributed by atoms with Crippen LogP contribution < -0.4 is 120 Å². The Hall–Kier alpha value is 2.38. The second-order valence-electron chi connectivity index (χ2n) is 20.7. The summed E-state index contributed by atoms with van der Waals surface area (Å²) in [6, 6.07) is 0. The molecule has 0 heterocycles. The molecule has 0 aromatic heterocycles. The smallest absolute Gasteiger partial charge is 0.550 e. The summed E-state index contributed by atoms with van der Waals surface area (Å²) in [5.41, 5.74) is -1.12. The van der Waals surface area contributed by atoms with Crippen LogP contribution in [-0.2, 0) is 9.59 Å². The van der Waals surface area contributed by atoms with E-state index in [0.717, 1.165) is 77.0 Å². The van der Waals surface area contributed by atoms with Crippen molar-refractivity contribution in [1.82, 2.24) is 0 Å². The molecule has 0 aromatic rings. The summed E-state index contributed by atoms with van der Waals surface area (Å²) in [4.78, 5) is 24.8. The summed E-state index contributed by atoms with van der Waals surface area (Å²) in [7, 11) is 0. The zero-order valence-electron chi connectivity index (χ0n) is 43.3. The van der Waals surface area contributed by atoms with Crippen LogP contribution in [0.15, 0.2) is 0 Å². The number of carboxylic acids is 2. The van der Waals surface area contributed by atoms with Crippen molar-refractivity contribution in [3.8, 4) is 0 Å². The molecule has 2 fully saturated rings. The van der Waals surface area contributed by atoms with Crippen molar-refractivity contribution in [2.24, 2.45) is 22.7 Å². The number of hydrogen-bond acceptors (Lipinski definition) is 4. The van der Waals surface area contributed by atoms with E-state index in [1.54, 1.807) is 0 Å². The van der Waals surface area contributed by atoms with Gasteiger partial charge in [-0.3, -0.25) is 0 Å². The Morgan fingerprint density at radius 2 is 0.581 bits per heavy atom. The van der Waals surface area contributed by atoms with Crippen molar-refractivity contribution >= 4 is 11.9 Å². The number of carbonyl (C=O) groups excluding carboxylic acids is 2. The van der Waals surface area contributed by atoms with Gasteiger partial charge in [-0.05, 0) is 50.4 Å². The van der Waals surface area contributed by atoms with E-state index in [2.05, 4.69) is 27.7 Å². The van der Waals surface area contributed by atoms with Crippen molar-refractivity contribution in [1.29, 1.82) is 0 Å². The summed E-state index contributed by atoms with van der Waals surface area (Å²) in [6.45, 7) is 9.07. The van der Waals surface area contributed by atoms with Gasteiger partial charge in [0.1, 0.15) is 0 Å². The van der Waals surface area contributed by atoms with E-state index >= 15 is 0 Å². The Labute approximate surface area is 480 Å². The zero-order valence-corrected chi connectivity index (χ0v) is 51.4. The minimum absolute atomic E-state index is 0. The molecule has 356 valence electrons. The molecule has 0 spiro atoms. The molecular formula is C56H106KO4Rb. The first kappa shape index (κ1) is 66.5. The maximum absolute atomic E-state index is 12.4. The molecule has 0 bridgehead atoms. The molecule has 0 aliphatic heterocycles. The van der Waals surface area contributed by atoms with Crippen LogP contribution in [0.3, 0.4) is 0 Å². The minimum atomic E-state index is -0.744. The van der Waals surface area contributed by atoms with Crippen LogP contribution in [0.1, 0.15) is 323 Å². The predicted octanol–water partition coefficient (Wildman–Crippen LogP) is 10.7. The van der Waals surface area contributed by atoms with Gasteiger partial charge in [-0.1, -0.05) is 285 Å². The van der Waals surface area contributed by atoms with Crippen LogP contribution in [0.25, 0.3) is 0 Å². The predicted molar refractivity (Wildman–Crippen MR) is 257 cm³/mol. The number of carboxylic acid groups (broad SMARTS) is 2. The third-order valence-corrected chi connectivity index (χ3v) is 15.4. The second-order valence-corrected chi connectivity index (χ2v) is 20.7. The van der Waals surface area contributed by atoms with E-state index in [4.69, 9.17) is 0 Å². The van der Waals surface area contributed by atoms with Gasteiger partial charge in [-0.15, -0.1) is 0 Å². The Balaban J connectivity index is 0. The molecule has 2 saturated carbocycles. The monoisotopic (exact) mass is 967 g/mol.